The van der Waals surface area contributed by atoms with Crippen LogP contribution in [0.4, 0.5) is 0 Å². The molecule has 4 aliphatic heterocycles. The number of carbonyl (C=O) groups is 1. The highest BCUT2D eigenvalue weighted by molar-refractivity contribution is 5.90. The molecule has 0 fully saturated rings. The molecule has 142 valence electrons. The summed E-state index contributed by atoms with van der Waals surface area (Å²) in [6.07, 6.45) is 2.19. The fourth-order valence-corrected chi connectivity index (χ4v) is 4.50. The Morgan fingerprint density at radius 1 is 1.18 bits per heavy atom. The van der Waals surface area contributed by atoms with Crippen LogP contribution in [0.3, 0.4) is 0 Å². The van der Waals surface area contributed by atoms with Gasteiger partial charge in [0.15, 0.2) is 17.1 Å². The van der Waals surface area contributed by atoms with E-state index < -0.39 is 11.6 Å². The van der Waals surface area contributed by atoms with Gasteiger partial charge in [0.2, 0.25) is 6.79 Å². The number of aromatic nitrogens is 1. The molecule has 5 heterocycles. The van der Waals surface area contributed by atoms with Crippen molar-refractivity contribution in [2.75, 3.05) is 19.9 Å². The lowest BCUT2D eigenvalue weighted by Gasteiger charge is -2.37. The molecule has 0 amide bonds. The number of carbonyl (C=O) groups excluding carboxylic acids is 1. The normalized spacial score (nSPS) is 24.7. The molecular weight excluding hydrogens is 360 g/mol. The summed E-state index contributed by atoms with van der Waals surface area (Å²) in [7, 11) is 0. The van der Waals surface area contributed by atoms with E-state index in [9.17, 15) is 9.90 Å². The SMILES string of the molecule is CC[C@@]1(O)C(=O)OCC2=C1C=C1c3nc4cc5c(cc4cc3CN1C2)OCO5. The van der Waals surface area contributed by atoms with Crippen LogP contribution in [0.15, 0.2) is 35.4 Å². The van der Waals surface area contributed by atoms with Gasteiger partial charge in [-0.3, -0.25) is 0 Å². The Hall–Kier alpha value is -3.06. The van der Waals surface area contributed by atoms with E-state index in [1.807, 2.05) is 18.2 Å². The number of aliphatic hydroxyl groups is 1. The molecule has 4 aliphatic rings. The average molecular weight is 378 g/mol. The van der Waals surface area contributed by atoms with Crippen LogP contribution in [0.1, 0.15) is 24.6 Å². The van der Waals surface area contributed by atoms with Crippen molar-refractivity contribution < 1.29 is 24.1 Å². The van der Waals surface area contributed by atoms with Crippen molar-refractivity contribution in [1.82, 2.24) is 9.88 Å². The molecule has 0 aliphatic carbocycles. The van der Waals surface area contributed by atoms with Crippen LogP contribution in [-0.4, -0.2) is 46.5 Å². The number of benzene rings is 1. The summed E-state index contributed by atoms with van der Waals surface area (Å²) in [6, 6.07) is 5.99. The maximum absolute atomic E-state index is 12.2. The van der Waals surface area contributed by atoms with Gasteiger partial charge in [0.1, 0.15) is 6.61 Å². The van der Waals surface area contributed by atoms with Gasteiger partial charge < -0.3 is 24.2 Å². The zero-order chi connectivity index (χ0) is 19.0. The first-order chi connectivity index (χ1) is 13.6. The molecule has 0 saturated carbocycles. The summed E-state index contributed by atoms with van der Waals surface area (Å²) in [6.45, 7) is 3.59. The number of rotatable bonds is 1. The lowest BCUT2D eigenvalue weighted by molar-refractivity contribution is -0.163. The van der Waals surface area contributed by atoms with Crippen molar-refractivity contribution in [3.8, 4) is 11.5 Å². The average Bonchev–Trinajstić information content (AvgIpc) is 3.29. The van der Waals surface area contributed by atoms with E-state index in [2.05, 4.69) is 11.0 Å². The Labute approximate surface area is 160 Å². The van der Waals surface area contributed by atoms with Gasteiger partial charge in [0, 0.05) is 30.1 Å². The number of ether oxygens (including phenoxy) is 3. The first-order valence-electron chi connectivity index (χ1n) is 9.39. The van der Waals surface area contributed by atoms with Crippen molar-refractivity contribution >= 4 is 22.6 Å². The van der Waals surface area contributed by atoms with Gasteiger partial charge in [0.05, 0.1) is 16.9 Å². The molecule has 7 nitrogen and oxygen atoms in total. The maximum atomic E-state index is 12.2. The molecule has 6 rings (SSSR count). The smallest absolute Gasteiger partial charge is 0.343 e. The Bertz CT molecular complexity index is 1140. The standard InChI is InChI=1S/C21H18N2O5/c1-2-21(25)14-5-16-19-12(7-23(16)8-13(14)9-26-20(21)24)3-11-4-17-18(28-10-27-17)6-15(11)22-19/h3-6,25H,2,7-10H2,1H3/t21-/m0/s1. The second-order valence-electron chi connectivity index (χ2n) is 7.59. The van der Waals surface area contributed by atoms with Gasteiger partial charge in [0.25, 0.3) is 0 Å². The number of fused-ring (bicyclic) bond motifs is 5. The second kappa shape index (κ2) is 5.26. The summed E-state index contributed by atoms with van der Waals surface area (Å²) >= 11 is 0. The zero-order valence-electron chi connectivity index (χ0n) is 15.3. The van der Waals surface area contributed by atoms with Gasteiger partial charge in [-0.05, 0) is 35.8 Å². The summed E-state index contributed by atoms with van der Waals surface area (Å²) in [5, 5.41) is 11.9. The largest absolute Gasteiger partial charge is 0.459 e. The van der Waals surface area contributed by atoms with Crippen molar-refractivity contribution in [2.45, 2.75) is 25.5 Å². The number of pyridine rings is 1. The summed E-state index contributed by atoms with van der Waals surface area (Å²) in [5.74, 6) is 0.870. The fourth-order valence-electron chi connectivity index (χ4n) is 4.50. The van der Waals surface area contributed by atoms with Gasteiger partial charge in [-0.25, -0.2) is 9.78 Å². The van der Waals surface area contributed by atoms with E-state index in [0.29, 0.717) is 17.9 Å². The minimum Gasteiger partial charge on any atom is -0.459 e. The molecule has 1 aromatic heterocycles. The topological polar surface area (TPSA) is 81.1 Å². The maximum Gasteiger partial charge on any atom is 0.343 e. The van der Waals surface area contributed by atoms with Gasteiger partial charge >= 0.3 is 5.97 Å². The lowest BCUT2D eigenvalue weighted by Crippen LogP contribution is -2.47. The predicted molar refractivity (Wildman–Crippen MR) is 99.5 cm³/mol. The van der Waals surface area contributed by atoms with Crippen LogP contribution in [0.5, 0.6) is 11.5 Å². The Balaban J connectivity index is 1.51. The lowest BCUT2D eigenvalue weighted by atomic mass is 9.83. The molecule has 28 heavy (non-hydrogen) atoms. The second-order valence-corrected chi connectivity index (χ2v) is 7.59. The molecule has 7 heteroatoms. The van der Waals surface area contributed by atoms with Crippen LogP contribution in [0.25, 0.3) is 16.6 Å². The molecule has 2 aromatic rings. The fraction of sp³-hybridized carbons (Fsp3) is 0.333. The van der Waals surface area contributed by atoms with Crippen molar-refractivity contribution in [3.05, 3.63) is 46.7 Å². The van der Waals surface area contributed by atoms with Crippen molar-refractivity contribution in [2.24, 2.45) is 0 Å². The number of nitrogens with zero attached hydrogens (tertiary/aromatic N) is 2. The van der Waals surface area contributed by atoms with Gasteiger partial charge in [-0.15, -0.1) is 0 Å². The van der Waals surface area contributed by atoms with E-state index in [1.54, 1.807) is 6.92 Å². The predicted octanol–water partition coefficient (Wildman–Crippen LogP) is 2.13. The molecule has 1 aromatic carbocycles. The number of cyclic esters (lactones) is 1. The number of hydrogen-bond acceptors (Lipinski definition) is 7. The Morgan fingerprint density at radius 3 is 2.82 bits per heavy atom. The molecule has 1 N–H and O–H groups in total. The third kappa shape index (κ3) is 1.97. The molecule has 0 spiro atoms. The summed E-state index contributed by atoms with van der Waals surface area (Å²) in [5.41, 5.74) is 3.80. The number of esters is 1. The molecule has 0 unspecified atom stereocenters. The van der Waals surface area contributed by atoms with E-state index >= 15 is 0 Å². The third-order valence-corrected chi connectivity index (χ3v) is 6.05. The summed E-state index contributed by atoms with van der Waals surface area (Å²) in [4.78, 5) is 19.3. The zero-order valence-corrected chi connectivity index (χ0v) is 15.3. The third-order valence-electron chi connectivity index (χ3n) is 6.05. The van der Waals surface area contributed by atoms with Crippen LogP contribution in [0, 0.1) is 0 Å². The molecule has 0 saturated heterocycles. The van der Waals surface area contributed by atoms with Crippen LogP contribution >= 0.6 is 0 Å². The molecular formula is C21H18N2O5. The molecule has 0 radical (unpaired) electrons. The van der Waals surface area contributed by atoms with Crippen molar-refractivity contribution in [3.63, 3.8) is 0 Å². The van der Waals surface area contributed by atoms with Gasteiger partial charge in [-0.1, -0.05) is 6.92 Å². The highest BCUT2D eigenvalue weighted by Crippen LogP contribution is 2.43. The minimum absolute atomic E-state index is 0.226. The summed E-state index contributed by atoms with van der Waals surface area (Å²) < 4.78 is 16.2. The van der Waals surface area contributed by atoms with Crippen LogP contribution < -0.4 is 9.47 Å². The number of hydrogen-bond donors (Lipinski definition) is 1. The van der Waals surface area contributed by atoms with E-state index in [4.69, 9.17) is 19.2 Å². The quantitative estimate of drug-likeness (QED) is 0.762. The Kier molecular flexibility index (Phi) is 3.00. The van der Waals surface area contributed by atoms with Crippen LogP contribution in [-0.2, 0) is 16.1 Å². The van der Waals surface area contributed by atoms with Crippen molar-refractivity contribution in [1.29, 1.82) is 0 Å². The van der Waals surface area contributed by atoms with E-state index in [1.165, 1.54) is 0 Å². The monoisotopic (exact) mass is 378 g/mol. The van der Waals surface area contributed by atoms with E-state index in [-0.39, 0.29) is 19.8 Å². The van der Waals surface area contributed by atoms with Gasteiger partial charge in [-0.2, -0.15) is 0 Å². The minimum atomic E-state index is -1.59. The first-order valence-corrected chi connectivity index (χ1v) is 9.39. The molecule has 1 atom stereocenters. The molecule has 0 bridgehead atoms. The first kappa shape index (κ1) is 15.9. The highest BCUT2D eigenvalue weighted by Gasteiger charge is 2.46. The van der Waals surface area contributed by atoms with Crippen LogP contribution in [0.2, 0.25) is 0 Å². The van der Waals surface area contributed by atoms with E-state index in [0.717, 1.165) is 45.7 Å². The Morgan fingerprint density at radius 2 is 2.00 bits per heavy atom. The highest BCUT2D eigenvalue weighted by atomic mass is 16.7.